The Bertz CT molecular complexity index is 759. The molecule has 0 spiro atoms. The van der Waals surface area contributed by atoms with E-state index in [1.807, 2.05) is 44.2 Å². The highest BCUT2D eigenvalue weighted by atomic mass is 35.5. The van der Waals surface area contributed by atoms with Crippen molar-refractivity contribution < 1.29 is 4.79 Å². The van der Waals surface area contributed by atoms with E-state index < -0.39 is 0 Å². The molecular weight excluding hydrogens is 397 g/mol. The molecule has 6 nitrogen and oxygen atoms in total. The first-order chi connectivity index (χ1) is 12.5. The van der Waals surface area contributed by atoms with Crippen LogP contribution in [0.2, 0.25) is 0 Å². The van der Waals surface area contributed by atoms with Crippen LogP contribution in [0.25, 0.3) is 0 Å². The van der Waals surface area contributed by atoms with Crippen LogP contribution in [0, 0.1) is 13.8 Å². The topological polar surface area (TPSA) is 84.1 Å². The molecule has 0 atom stereocenters. The van der Waals surface area contributed by atoms with Crippen LogP contribution in [0.15, 0.2) is 30.3 Å². The van der Waals surface area contributed by atoms with Gasteiger partial charge < -0.3 is 16.0 Å². The predicted molar refractivity (Wildman–Crippen MR) is 119 cm³/mol. The van der Waals surface area contributed by atoms with Crippen LogP contribution in [-0.4, -0.2) is 35.0 Å². The predicted octanol–water partition coefficient (Wildman–Crippen LogP) is 3.24. The number of nitrogens with one attached hydrogen (secondary N) is 1. The summed E-state index contributed by atoms with van der Waals surface area (Å²) in [5.41, 5.74) is 8.71. The number of amides is 1. The highest BCUT2D eigenvalue weighted by Crippen LogP contribution is 2.19. The van der Waals surface area contributed by atoms with Crippen molar-refractivity contribution in [3.8, 4) is 0 Å². The highest BCUT2D eigenvalue weighted by Gasteiger charge is 2.22. The van der Waals surface area contributed by atoms with Crippen LogP contribution in [0.1, 0.15) is 36.3 Å². The van der Waals surface area contributed by atoms with Gasteiger partial charge in [-0.1, -0.05) is 18.2 Å². The van der Waals surface area contributed by atoms with Crippen molar-refractivity contribution in [1.82, 2.24) is 15.3 Å². The molecule has 1 aliphatic rings. The lowest BCUT2D eigenvalue weighted by Gasteiger charge is -2.33. The number of carbonyl (C=O) groups is 1. The molecule has 1 fully saturated rings. The van der Waals surface area contributed by atoms with Gasteiger partial charge in [-0.25, -0.2) is 9.97 Å². The molecule has 8 heteroatoms. The summed E-state index contributed by atoms with van der Waals surface area (Å²) in [5.74, 6) is 1.88. The second-order valence-corrected chi connectivity index (χ2v) is 6.94. The molecule has 0 aliphatic carbocycles. The normalized spacial score (nSPS) is 14.0. The van der Waals surface area contributed by atoms with Crippen LogP contribution < -0.4 is 16.0 Å². The van der Waals surface area contributed by atoms with Crippen LogP contribution in [0.4, 0.5) is 11.5 Å². The lowest BCUT2D eigenvalue weighted by atomic mass is 10.0. The molecule has 1 aliphatic heterocycles. The fourth-order valence-corrected chi connectivity index (χ4v) is 3.42. The lowest BCUT2D eigenvalue weighted by molar-refractivity contribution is -0.121. The number of anilines is 2. The molecule has 1 aromatic carbocycles. The third-order valence-corrected chi connectivity index (χ3v) is 4.81. The molecule has 1 amide bonds. The van der Waals surface area contributed by atoms with Crippen molar-refractivity contribution in [1.29, 1.82) is 0 Å². The van der Waals surface area contributed by atoms with E-state index in [-0.39, 0.29) is 36.8 Å². The summed E-state index contributed by atoms with van der Waals surface area (Å²) in [6, 6.07) is 9.97. The van der Waals surface area contributed by atoms with Gasteiger partial charge in [-0.05, 0) is 44.7 Å². The molecule has 2 heterocycles. The van der Waals surface area contributed by atoms with Gasteiger partial charge in [-0.15, -0.1) is 24.8 Å². The van der Waals surface area contributed by atoms with Gasteiger partial charge in [0.1, 0.15) is 11.6 Å². The Hall–Kier alpha value is -2.05. The summed E-state index contributed by atoms with van der Waals surface area (Å²) in [5, 5.41) is 3.16. The quantitative estimate of drug-likeness (QED) is 0.718. The zero-order valence-corrected chi connectivity index (χ0v) is 18.0. The van der Waals surface area contributed by atoms with Gasteiger partial charge in [-0.2, -0.15) is 0 Å². The second kappa shape index (κ2) is 11.1. The highest BCUT2D eigenvalue weighted by molar-refractivity contribution is 5.85. The number of nitrogens with two attached hydrogens (primary N) is 1. The zero-order chi connectivity index (χ0) is 18.5. The molecule has 0 radical (unpaired) electrons. The van der Waals surface area contributed by atoms with E-state index in [0.29, 0.717) is 12.8 Å². The summed E-state index contributed by atoms with van der Waals surface area (Å²) in [4.78, 5) is 23.4. The van der Waals surface area contributed by atoms with Crippen LogP contribution in [-0.2, 0) is 11.2 Å². The number of nitrogens with zero attached hydrogens (tertiary/aromatic N) is 3. The Morgan fingerprint density at radius 2 is 1.86 bits per heavy atom. The minimum atomic E-state index is 0. The van der Waals surface area contributed by atoms with Crippen molar-refractivity contribution in [3.63, 3.8) is 0 Å². The summed E-state index contributed by atoms with van der Waals surface area (Å²) in [6.45, 7) is 5.70. The first-order valence-electron chi connectivity index (χ1n) is 9.21. The van der Waals surface area contributed by atoms with E-state index in [9.17, 15) is 4.79 Å². The molecule has 154 valence electrons. The number of halogens is 2. The van der Waals surface area contributed by atoms with Crippen LogP contribution in [0.3, 0.4) is 0 Å². The van der Waals surface area contributed by atoms with Crippen molar-refractivity contribution in [2.24, 2.45) is 0 Å². The van der Waals surface area contributed by atoms with E-state index in [0.717, 1.165) is 54.5 Å². The SMILES string of the molecule is Cc1cc(N2CCC(NC(=O)CCc3ccccc3N)CC2)nc(C)n1.Cl.Cl. The molecule has 1 saturated heterocycles. The fourth-order valence-electron chi connectivity index (χ4n) is 3.42. The minimum absolute atomic E-state index is 0. The van der Waals surface area contributed by atoms with Gasteiger partial charge in [0.2, 0.25) is 5.91 Å². The molecule has 28 heavy (non-hydrogen) atoms. The minimum Gasteiger partial charge on any atom is -0.399 e. The maximum absolute atomic E-state index is 12.3. The Morgan fingerprint density at radius 1 is 1.18 bits per heavy atom. The fraction of sp³-hybridized carbons (Fsp3) is 0.450. The lowest BCUT2D eigenvalue weighted by Crippen LogP contribution is -2.45. The number of aromatic nitrogens is 2. The molecule has 1 aromatic heterocycles. The molecule has 3 rings (SSSR count). The molecule has 3 N–H and O–H groups in total. The standard InChI is InChI=1S/C20H27N5O.2ClH/c1-14-13-19(23-15(2)22-14)25-11-9-17(10-12-25)24-20(26)8-7-16-5-3-4-6-18(16)21;;/h3-6,13,17H,7-12,21H2,1-2H3,(H,24,26);2*1H. The van der Waals surface area contributed by atoms with Crippen molar-refractivity contribution in [3.05, 3.63) is 47.4 Å². The number of hydrogen-bond acceptors (Lipinski definition) is 5. The number of aryl methyl sites for hydroxylation is 3. The summed E-state index contributed by atoms with van der Waals surface area (Å²) in [6.07, 6.45) is 3.01. The van der Waals surface area contributed by atoms with Crippen molar-refractivity contribution in [2.75, 3.05) is 23.7 Å². The monoisotopic (exact) mass is 425 g/mol. The van der Waals surface area contributed by atoms with E-state index in [1.54, 1.807) is 0 Å². The zero-order valence-electron chi connectivity index (χ0n) is 16.4. The summed E-state index contributed by atoms with van der Waals surface area (Å²) in [7, 11) is 0. The maximum Gasteiger partial charge on any atom is 0.220 e. The van der Waals surface area contributed by atoms with Crippen LogP contribution >= 0.6 is 24.8 Å². The number of piperidine rings is 1. The Kier molecular flexibility index (Phi) is 9.49. The van der Waals surface area contributed by atoms with Gasteiger partial charge in [0, 0.05) is 43.0 Å². The average molecular weight is 426 g/mol. The maximum atomic E-state index is 12.3. The number of para-hydroxylation sites is 1. The van der Waals surface area contributed by atoms with E-state index in [4.69, 9.17) is 5.73 Å². The number of rotatable bonds is 5. The molecule has 2 aromatic rings. The summed E-state index contributed by atoms with van der Waals surface area (Å²) >= 11 is 0. The molecule has 0 bridgehead atoms. The van der Waals surface area contributed by atoms with Gasteiger partial charge in [0.15, 0.2) is 0 Å². The molecule has 0 saturated carbocycles. The van der Waals surface area contributed by atoms with Gasteiger partial charge in [0.25, 0.3) is 0 Å². The van der Waals surface area contributed by atoms with Gasteiger partial charge in [-0.3, -0.25) is 4.79 Å². The van der Waals surface area contributed by atoms with E-state index in [2.05, 4.69) is 20.2 Å². The average Bonchev–Trinajstić information content (AvgIpc) is 2.61. The number of hydrogen-bond donors (Lipinski definition) is 2. The number of benzene rings is 1. The third kappa shape index (κ3) is 6.53. The smallest absolute Gasteiger partial charge is 0.220 e. The van der Waals surface area contributed by atoms with E-state index in [1.165, 1.54) is 0 Å². The van der Waals surface area contributed by atoms with Crippen LogP contribution in [0.5, 0.6) is 0 Å². The van der Waals surface area contributed by atoms with E-state index >= 15 is 0 Å². The largest absolute Gasteiger partial charge is 0.399 e. The third-order valence-electron chi connectivity index (χ3n) is 4.81. The Morgan fingerprint density at radius 3 is 2.50 bits per heavy atom. The number of nitrogen functional groups attached to an aromatic ring is 1. The van der Waals surface area contributed by atoms with Gasteiger partial charge in [0.05, 0.1) is 0 Å². The molecular formula is C20H29Cl2N5O. The van der Waals surface area contributed by atoms with Gasteiger partial charge >= 0.3 is 0 Å². The molecule has 0 unspecified atom stereocenters. The first kappa shape index (κ1) is 24.0. The number of carbonyl (C=O) groups excluding carboxylic acids is 1. The Balaban J connectivity index is 0.00000196. The van der Waals surface area contributed by atoms with Crippen molar-refractivity contribution >= 4 is 42.2 Å². The summed E-state index contributed by atoms with van der Waals surface area (Å²) < 4.78 is 0. The van der Waals surface area contributed by atoms with Crippen molar-refractivity contribution in [2.45, 2.75) is 45.6 Å². The second-order valence-electron chi connectivity index (χ2n) is 6.94. The Labute approximate surface area is 179 Å². The first-order valence-corrected chi connectivity index (χ1v) is 9.21.